The van der Waals surface area contributed by atoms with Crippen molar-refractivity contribution in [2.45, 2.75) is 32.5 Å². The number of halogens is 1. The molecule has 3 heterocycles. The van der Waals surface area contributed by atoms with E-state index in [-0.39, 0.29) is 17.8 Å². The predicted molar refractivity (Wildman–Crippen MR) is 117 cm³/mol. The molecule has 0 bridgehead atoms. The smallest absolute Gasteiger partial charge is 0.332 e. The number of ether oxygens (including phenoxy) is 1. The highest BCUT2D eigenvalue weighted by atomic mass is 19.1. The standard InChI is InChI=1S/C24H25FN4O3/c1-32-20-8-4-17(5-9-20)13-27-11-10-24(15-27)12-21-26-29(23(31)22(30)28(21)16-24)14-18-2-6-19(25)7-3-18/h2-9H,10-16H2,1H3/t24-/m0/s1. The Bertz CT molecular complexity index is 1250. The summed E-state index contributed by atoms with van der Waals surface area (Å²) in [5.41, 5.74) is 0.704. The zero-order valence-corrected chi connectivity index (χ0v) is 18.0. The summed E-state index contributed by atoms with van der Waals surface area (Å²) in [6, 6.07) is 13.9. The molecule has 2 aliphatic heterocycles. The summed E-state index contributed by atoms with van der Waals surface area (Å²) >= 11 is 0. The Morgan fingerprint density at radius 3 is 2.38 bits per heavy atom. The van der Waals surface area contributed by atoms with Gasteiger partial charge in [-0.3, -0.25) is 19.1 Å². The van der Waals surface area contributed by atoms with E-state index in [0.29, 0.717) is 18.8 Å². The molecule has 0 radical (unpaired) electrons. The molecule has 0 saturated carbocycles. The van der Waals surface area contributed by atoms with Gasteiger partial charge in [0.25, 0.3) is 0 Å². The topological polar surface area (TPSA) is 69.4 Å². The third-order valence-electron chi connectivity index (χ3n) is 6.57. The van der Waals surface area contributed by atoms with Crippen LogP contribution in [0.1, 0.15) is 23.4 Å². The van der Waals surface area contributed by atoms with Crippen LogP contribution in [0, 0.1) is 11.2 Å². The normalized spacial score (nSPS) is 20.1. The highest BCUT2D eigenvalue weighted by Crippen LogP contribution is 2.39. The van der Waals surface area contributed by atoms with Crippen LogP contribution in [0.15, 0.2) is 58.1 Å². The Morgan fingerprint density at radius 2 is 1.66 bits per heavy atom. The van der Waals surface area contributed by atoms with Crippen molar-refractivity contribution in [2.75, 3.05) is 20.2 Å². The van der Waals surface area contributed by atoms with Gasteiger partial charge in [0.15, 0.2) is 0 Å². The molecule has 5 rings (SSSR count). The average Bonchev–Trinajstić information content (AvgIpc) is 3.36. The van der Waals surface area contributed by atoms with Crippen molar-refractivity contribution in [3.8, 4) is 5.75 Å². The first-order valence-electron chi connectivity index (χ1n) is 10.8. The molecule has 1 spiro atoms. The van der Waals surface area contributed by atoms with Crippen LogP contribution in [0.25, 0.3) is 0 Å². The van der Waals surface area contributed by atoms with E-state index in [1.54, 1.807) is 23.8 Å². The molecule has 2 aliphatic rings. The van der Waals surface area contributed by atoms with E-state index >= 15 is 0 Å². The number of likely N-dealkylation sites (tertiary alicyclic amines) is 1. The highest BCUT2D eigenvalue weighted by Gasteiger charge is 2.44. The van der Waals surface area contributed by atoms with Crippen LogP contribution in [0.2, 0.25) is 0 Å². The van der Waals surface area contributed by atoms with Gasteiger partial charge in [-0.15, -0.1) is 0 Å². The van der Waals surface area contributed by atoms with Crippen molar-refractivity contribution >= 4 is 0 Å². The minimum Gasteiger partial charge on any atom is -0.497 e. The second-order valence-corrected chi connectivity index (χ2v) is 8.88. The Kier molecular flexibility index (Phi) is 5.17. The van der Waals surface area contributed by atoms with Gasteiger partial charge in [-0.1, -0.05) is 24.3 Å². The average molecular weight is 436 g/mol. The van der Waals surface area contributed by atoms with Crippen LogP contribution in [0.5, 0.6) is 5.75 Å². The zero-order chi connectivity index (χ0) is 22.3. The van der Waals surface area contributed by atoms with Gasteiger partial charge in [-0.25, -0.2) is 9.07 Å². The first kappa shape index (κ1) is 20.6. The second kappa shape index (κ2) is 8.02. The van der Waals surface area contributed by atoms with Gasteiger partial charge in [0.2, 0.25) is 0 Å². The van der Waals surface area contributed by atoms with Crippen molar-refractivity contribution in [1.82, 2.24) is 19.2 Å². The Morgan fingerprint density at radius 1 is 0.969 bits per heavy atom. The highest BCUT2D eigenvalue weighted by molar-refractivity contribution is 5.27. The molecule has 166 valence electrons. The maximum Gasteiger partial charge on any atom is 0.332 e. The summed E-state index contributed by atoms with van der Waals surface area (Å²) in [6.07, 6.45) is 1.63. The molecule has 1 fully saturated rings. The number of benzene rings is 2. The van der Waals surface area contributed by atoms with Gasteiger partial charge in [0, 0.05) is 31.5 Å². The number of fused-ring (bicyclic) bond motifs is 1. The fourth-order valence-electron chi connectivity index (χ4n) is 4.90. The molecule has 8 heteroatoms. The van der Waals surface area contributed by atoms with Crippen LogP contribution < -0.4 is 15.9 Å². The van der Waals surface area contributed by atoms with Gasteiger partial charge in [-0.2, -0.15) is 5.10 Å². The lowest BCUT2D eigenvalue weighted by atomic mass is 9.86. The minimum atomic E-state index is -0.636. The molecule has 2 aromatic carbocycles. The largest absolute Gasteiger partial charge is 0.497 e. The molecular weight excluding hydrogens is 411 g/mol. The van der Waals surface area contributed by atoms with Crippen LogP contribution in [0.3, 0.4) is 0 Å². The zero-order valence-electron chi connectivity index (χ0n) is 18.0. The van der Waals surface area contributed by atoms with Crippen molar-refractivity contribution < 1.29 is 9.13 Å². The van der Waals surface area contributed by atoms with Crippen LogP contribution in [-0.2, 0) is 26.1 Å². The first-order valence-corrected chi connectivity index (χ1v) is 10.8. The molecule has 0 N–H and O–H groups in total. The SMILES string of the molecule is COc1ccc(CN2CC[C@]3(Cc4nn(Cc5ccc(F)cc5)c(=O)c(=O)n4C3)C2)cc1. The van der Waals surface area contributed by atoms with E-state index in [1.165, 1.54) is 22.4 Å². The predicted octanol–water partition coefficient (Wildman–Crippen LogP) is 2.05. The van der Waals surface area contributed by atoms with E-state index < -0.39 is 11.1 Å². The van der Waals surface area contributed by atoms with E-state index in [4.69, 9.17) is 4.74 Å². The summed E-state index contributed by atoms with van der Waals surface area (Å²) < 4.78 is 21.2. The summed E-state index contributed by atoms with van der Waals surface area (Å²) in [5, 5.41) is 4.52. The maximum atomic E-state index is 13.2. The summed E-state index contributed by atoms with van der Waals surface area (Å²) in [4.78, 5) is 27.8. The summed E-state index contributed by atoms with van der Waals surface area (Å²) in [6.45, 7) is 3.31. The molecule has 1 aromatic heterocycles. The van der Waals surface area contributed by atoms with Crippen LogP contribution in [-0.4, -0.2) is 39.4 Å². The molecule has 0 unspecified atom stereocenters. The number of nitrogens with zero attached hydrogens (tertiary/aromatic N) is 4. The van der Waals surface area contributed by atoms with Gasteiger partial charge in [0.05, 0.1) is 13.7 Å². The molecule has 1 saturated heterocycles. The van der Waals surface area contributed by atoms with Gasteiger partial charge < -0.3 is 4.74 Å². The van der Waals surface area contributed by atoms with Gasteiger partial charge >= 0.3 is 11.1 Å². The number of hydrogen-bond acceptors (Lipinski definition) is 5. The van der Waals surface area contributed by atoms with E-state index in [1.807, 2.05) is 12.1 Å². The van der Waals surface area contributed by atoms with Crippen molar-refractivity contribution in [3.63, 3.8) is 0 Å². The first-order chi connectivity index (χ1) is 15.4. The van der Waals surface area contributed by atoms with Crippen molar-refractivity contribution in [1.29, 1.82) is 0 Å². The molecule has 1 atom stereocenters. The molecule has 0 amide bonds. The fourth-order valence-corrected chi connectivity index (χ4v) is 4.90. The Labute approximate surface area is 184 Å². The van der Waals surface area contributed by atoms with Crippen molar-refractivity contribution in [3.05, 3.63) is 92.0 Å². The molecule has 3 aromatic rings. The quantitative estimate of drug-likeness (QED) is 0.573. The lowest BCUT2D eigenvalue weighted by Crippen LogP contribution is -2.43. The van der Waals surface area contributed by atoms with Crippen molar-refractivity contribution in [2.24, 2.45) is 5.41 Å². The number of aromatic nitrogens is 3. The molecule has 0 aliphatic carbocycles. The maximum absolute atomic E-state index is 13.2. The third kappa shape index (κ3) is 3.86. The molecular formula is C24H25FN4O3. The van der Waals surface area contributed by atoms with Crippen LogP contribution in [0.4, 0.5) is 4.39 Å². The third-order valence-corrected chi connectivity index (χ3v) is 6.57. The number of methoxy groups -OCH3 is 1. The number of rotatable bonds is 5. The monoisotopic (exact) mass is 436 g/mol. The Hall–Kier alpha value is -3.26. The Balaban J connectivity index is 1.33. The minimum absolute atomic E-state index is 0.0763. The lowest BCUT2D eigenvalue weighted by Gasteiger charge is -2.22. The summed E-state index contributed by atoms with van der Waals surface area (Å²) in [5.74, 6) is 1.15. The van der Waals surface area contributed by atoms with E-state index in [9.17, 15) is 14.0 Å². The fraction of sp³-hybridized carbons (Fsp3) is 0.375. The van der Waals surface area contributed by atoms with Gasteiger partial charge in [-0.05, 0) is 48.4 Å². The molecule has 32 heavy (non-hydrogen) atoms. The molecule has 7 nitrogen and oxygen atoms in total. The lowest BCUT2D eigenvalue weighted by molar-refractivity contribution is 0.246. The van der Waals surface area contributed by atoms with E-state index in [2.05, 4.69) is 22.1 Å². The number of hydrogen-bond donors (Lipinski definition) is 0. The summed E-state index contributed by atoms with van der Waals surface area (Å²) in [7, 11) is 1.66. The second-order valence-electron chi connectivity index (χ2n) is 8.88. The van der Waals surface area contributed by atoms with E-state index in [0.717, 1.165) is 37.4 Å². The van der Waals surface area contributed by atoms with Crippen LogP contribution >= 0.6 is 0 Å². The van der Waals surface area contributed by atoms with Gasteiger partial charge in [0.1, 0.15) is 17.4 Å².